The molecule has 1 aromatic carbocycles. The molecule has 1 fully saturated rings. The fraction of sp³-hybridized carbons (Fsp3) is 0.150. The molecule has 3 rings (SSSR count). The van der Waals surface area contributed by atoms with Crippen molar-refractivity contribution in [1.29, 1.82) is 0 Å². The molecule has 138 valence electrons. The zero-order chi connectivity index (χ0) is 19.2. The Bertz CT molecular complexity index is 884. The van der Waals surface area contributed by atoms with Crippen LogP contribution < -0.4 is 4.90 Å². The number of barbiturate groups is 1. The van der Waals surface area contributed by atoms with E-state index in [2.05, 4.69) is 0 Å². The summed E-state index contributed by atoms with van der Waals surface area (Å²) in [5.41, 5.74) is 0.278. The molecule has 2 heterocycles. The highest BCUT2D eigenvalue weighted by Crippen LogP contribution is 2.24. The summed E-state index contributed by atoms with van der Waals surface area (Å²) in [7, 11) is 1.47. The molecular formula is C20H18N2O5. The number of nitrogens with zero attached hydrogens (tertiary/aromatic N) is 2. The molecular weight excluding hydrogens is 348 g/mol. The number of anilines is 1. The number of allylic oxidation sites excluding steroid dienone is 2. The lowest BCUT2D eigenvalue weighted by atomic mass is 10.1. The minimum absolute atomic E-state index is 0.0457. The molecule has 0 bridgehead atoms. The van der Waals surface area contributed by atoms with E-state index in [1.165, 1.54) is 25.5 Å². The first-order valence-electron chi connectivity index (χ1n) is 8.29. The number of hydrogen-bond donors (Lipinski definition) is 0. The van der Waals surface area contributed by atoms with E-state index in [-0.39, 0.29) is 18.7 Å². The van der Waals surface area contributed by atoms with E-state index in [4.69, 9.17) is 9.15 Å². The van der Waals surface area contributed by atoms with Gasteiger partial charge in [0.2, 0.25) is 0 Å². The van der Waals surface area contributed by atoms with Crippen molar-refractivity contribution >= 4 is 29.6 Å². The monoisotopic (exact) mass is 366 g/mol. The zero-order valence-corrected chi connectivity index (χ0v) is 14.7. The highest BCUT2D eigenvalue weighted by Gasteiger charge is 2.42. The molecule has 1 aliphatic rings. The van der Waals surface area contributed by atoms with Gasteiger partial charge in [-0.2, -0.15) is 0 Å². The fourth-order valence-electron chi connectivity index (χ4n) is 2.60. The average molecular weight is 366 g/mol. The molecule has 2 aromatic rings. The van der Waals surface area contributed by atoms with Crippen molar-refractivity contribution in [3.63, 3.8) is 0 Å². The molecule has 1 aliphatic heterocycles. The third-order valence-electron chi connectivity index (χ3n) is 3.93. The van der Waals surface area contributed by atoms with Crippen LogP contribution >= 0.6 is 0 Å². The first-order valence-corrected chi connectivity index (χ1v) is 8.29. The summed E-state index contributed by atoms with van der Waals surface area (Å²) in [5, 5.41) is 0. The fourth-order valence-corrected chi connectivity index (χ4v) is 2.60. The Balaban J connectivity index is 1.96. The Labute approximate surface area is 156 Å². The van der Waals surface area contributed by atoms with Gasteiger partial charge in [0.05, 0.1) is 25.1 Å². The Morgan fingerprint density at radius 3 is 2.48 bits per heavy atom. The quantitative estimate of drug-likeness (QED) is 0.580. The minimum Gasteiger partial charge on any atom is -0.465 e. The summed E-state index contributed by atoms with van der Waals surface area (Å²) in [5.74, 6) is -0.748. The van der Waals surface area contributed by atoms with Gasteiger partial charge in [-0.05, 0) is 36.4 Å². The van der Waals surface area contributed by atoms with Gasteiger partial charge in [0, 0.05) is 7.11 Å². The molecule has 4 amide bonds. The predicted octanol–water partition coefficient (Wildman–Crippen LogP) is 2.86. The molecule has 1 aromatic heterocycles. The average Bonchev–Trinajstić information content (AvgIpc) is 3.19. The summed E-state index contributed by atoms with van der Waals surface area (Å²) in [6, 6.07) is 11.3. The van der Waals surface area contributed by atoms with Crippen LogP contribution in [-0.2, 0) is 14.3 Å². The van der Waals surface area contributed by atoms with Gasteiger partial charge in [0.15, 0.2) is 0 Å². The summed E-state index contributed by atoms with van der Waals surface area (Å²) in [4.78, 5) is 40.3. The number of imide groups is 2. The molecule has 0 radical (unpaired) electrons. The topological polar surface area (TPSA) is 80.1 Å². The number of carbonyl (C=O) groups excluding carboxylic acids is 3. The third kappa shape index (κ3) is 3.88. The maximum Gasteiger partial charge on any atom is 0.338 e. The van der Waals surface area contributed by atoms with Gasteiger partial charge in [-0.1, -0.05) is 24.3 Å². The lowest BCUT2D eigenvalue weighted by Crippen LogP contribution is -2.57. The second-order valence-corrected chi connectivity index (χ2v) is 5.66. The number of benzene rings is 1. The highest BCUT2D eigenvalue weighted by atomic mass is 16.5. The van der Waals surface area contributed by atoms with Gasteiger partial charge in [0.25, 0.3) is 11.8 Å². The minimum atomic E-state index is -0.694. The molecule has 7 heteroatoms. The van der Waals surface area contributed by atoms with Crippen molar-refractivity contribution in [2.75, 3.05) is 25.2 Å². The first-order chi connectivity index (χ1) is 13.1. The number of ether oxygens (including phenoxy) is 1. The van der Waals surface area contributed by atoms with Crippen LogP contribution in [0.4, 0.5) is 10.5 Å². The number of urea groups is 1. The Hall–Kier alpha value is -3.45. The lowest BCUT2D eigenvalue weighted by molar-refractivity contribution is -0.129. The Morgan fingerprint density at radius 2 is 1.81 bits per heavy atom. The van der Waals surface area contributed by atoms with Gasteiger partial charge >= 0.3 is 6.03 Å². The van der Waals surface area contributed by atoms with Crippen LogP contribution in [0.5, 0.6) is 0 Å². The van der Waals surface area contributed by atoms with E-state index in [9.17, 15) is 14.4 Å². The summed E-state index contributed by atoms with van der Waals surface area (Å²) in [6.07, 6.45) is 6.06. The molecule has 27 heavy (non-hydrogen) atoms. The molecule has 0 N–H and O–H groups in total. The molecule has 0 aliphatic carbocycles. The van der Waals surface area contributed by atoms with Gasteiger partial charge in [0.1, 0.15) is 11.3 Å². The normalized spacial score (nSPS) is 16.8. The van der Waals surface area contributed by atoms with E-state index in [0.29, 0.717) is 11.4 Å². The highest BCUT2D eigenvalue weighted by molar-refractivity contribution is 6.37. The maximum absolute atomic E-state index is 12.9. The van der Waals surface area contributed by atoms with Crippen molar-refractivity contribution in [1.82, 2.24) is 4.90 Å². The van der Waals surface area contributed by atoms with Crippen molar-refractivity contribution in [3.05, 3.63) is 72.2 Å². The smallest absolute Gasteiger partial charge is 0.338 e. The second-order valence-electron chi connectivity index (χ2n) is 5.66. The van der Waals surface area contributed by atoms with E-state index in [0.717, 1.165) is 9.80 Å². The van der Waals surface area contributed by atoms with Crippen molar-refractivity contribution in [3.8, 4) is 0 Å². The van der Waals surface area contributed by atoms with Gasteiger partial charge in [-0.3, -0.25) is 14.5 Å². The zero-order valence-electron chi connectivity index (χ0n) is 14.7. The first kappa shape index (κ1) is 18.3. The van der Waals surface area contributed by atoms with Crippen LogP contribution in [-0.4, -0.2) is 43.0 Å². The lowest BCUT2D eigenvalue weighted by Gasteiger charge is -2.33. The van der Waals surface area contributed by atoms with Gasteiger partial charge in [-0.25, -0.2) is 9.69 Å². The maximum atomic E-state index is 12.9. The van der Waals surface area contributed by atoms with Crippen LogP contribution in [0.1, 0.15) is 5.76 Å². The Kier molecular flexibility index (Phi) is 5.63. The van der Waals surface area contributed by atoms with E-state index in [1.54, 1.807) is 48.5 Å². The molecule has 0 spiro atoms. The summed E-state index contributed by atoms with van der Waals surface area (Å²) < 4.78 is 10.2. The number of hydrogen-bond acceptors (Lipinski definition) is 5. The van der Waals surface area contributed by atoms with Crippen LogP contribution in [0.15, 0.2) is 70.9 Å². The predicted molar refractivity (Wildman–Crippen MR) is 98.7 cm³/mol. The van der Waals surface area contributed by atoms with Gasteiger partial charge in [-0.15, -0.1) is 0 Å². The van der Waals surface area contributed by atoms with Crippen molar-refractivity contribution in [2.24, 2.45) is 0 Å². The molecule has 1 saturated heterocycles. The largest absolute Gasteiger partial charge is 0.465 e. The standard InChI is InChI=1S/C20H18N2O5/c1-26-14-12-21-18(23)17(11-5-9-16-10-6-13-27-16)19(24)22(20(21)25)15-7-3-2-4-8-15/h2-11,13H,12,14H2,1H3/b9-5+,17-11-. The third-order valence-corrected chi connectivity index (χ3v) is 3.93. The van der Waals surface area contributed by atoms with Crippen LogP contribution in [0.25, 0.3) is 6.08 Å². The number of amides is 4. The summed E-state index contributed by atoms with van der Waals surface area (Å²) >= 11 is 0. The molecule has 0 atom stereocenters. The molecule has 0 saturated carbocycles. The number of methoxy groups -OCH3 is 1. The molecule has 7 nitrogen and oxygen atoms in total. The van der Waals surface area contributed by atoms with Crippen LogP contribution in [0.3, 0.4) is 0 Å². The molecule has 0 unspecified atom stereocenters. The number of rotatable bonds is 6. The second kappa shape index (κ2) is 8.29. The van der Waals surface area contributed by atoms with E-state index < -0.39 is 17.8 Å². The summed E-state index contributed by atoms with van der Waals surface area (Å²) in [6.45, 7) is 0.216. The number of para-hydroxylation sites is 1. The number of furan rings is 1. The van der Waals surface area contributed by atoms with Crippen LogP contribution in [0.2, 0.25) is 0 Å². The number of carbonyl (C=O) groups is 3. The van der Waals surface area contributed by atoms with E-state index >= 15 is 0 Å². The van der Waals surface area contributed by atoms with Crippen molar-refractivity contribution in [2.45, 2.75) is 0 Å². The Morgan fingerprint density at radius 1 is 1.04 bits per heavy atom. The van der Waals surface area contributed by atoms with Crippen LogP contribution in [0, 0.1) is 0 Å². The van der Waals surface area contributed by atoms with Crippen molar-refractivity contribution < 1.29 is 23.5 Å². The van der Waals surface area contributed by atoms with E-state index in [1.807, 2.05) is 0 Å². The van der Waals surface area contributed by atoms with Gasteiger partial charge < -0.3 is 9.15 Å². The SMILES string of the molecule is COCCN1C(=O)/C(=C/C=C/c2ccco2)C(=O)N(c2ccccc2)C1=O.